The maximum atomic E-state index is 9.90. The SMILES string of the molecule is NC1=NCC=C1CC1CN(c2ccccc2)CCN1c1cccc(O)c1. The van der Waals surface area contributed by atoms with Gasteiger partial charge in [0.1, 0.15) is 11.6 Å². The van der Waals surface area contributed by atoms with Crippen molar-refractivity contribution >= 4 is 17.2 Å². The summed E-state index contributed by atoms with van der Waals surface area (Å²) in [6, 6.07) is 18.3. The third kappa shape index (κ3) is 3.38. The van der Waals surface area contributed by atoms with E-state index < -0.39 is 0 Å². The van der Waals surface area contributed by atoms with E-state index in [1.807, 2.05) is 18.2 Å². The number of piperazine rings is 1. The van der Waals surface area contributed by atoms with Crippen LogP contribution < -0.4 is 15.5 Å². The van der Waals surface area contributed by atoms with Crippen molar-refractivity contribution in [3.05, 3.63) is 66.2 Å². The summed E-state index contributed by atoms with van der Waals surface area (Å²) in [6.07, 6.45) is 2.98. The number of nitrogens with two attached hydrogens (primary N) is 1. The molecule has 5 heteroatoms. The topological polar surface area (TPSA) is 65.1 Å². The minimum absolute atomic E-state index is 0.267. The Morgan fingerprint density at radius 3 is 2.58 bits per heavy atom. The number of amidine groups is 1. The average Bonchev–Trinajstić information content (AvgIpc) is 3.07. The highest BCUT2D eigenvalue weighted by molar-refractivity contribution is 5.98. The molecule has 134 valence electrons. The maximum absolute atomic E-state index is 9.90. The molecule has 0 spiro atoms. The van der Waals surface area contributed by atoms with Crippen LogP contribution in [0.25, 0.3) is 0 Å². The lowest BCUT2D eigenvalue weighted by Gasteiger charge is -2.44. The highest BCUT2D eigenvalue weighted by Crippen LogP contribution is 2.29. The first-order chi connectivity index (χ1) is 12.7. The quantitative estimate of drug-likeness (QED) is 0.892. The number of nitrogens with zero attached hydrogens (tertiary/aromatic N) is 3. The molecular weight excluding hydrogens is 324 g/mol. The first-order valence-electron chi connectivity index (χ1n) is 9.06. The highest BCUT2D eigenvalue weighted by Gasteiger charge is 2.29. The lowest BCUT2D eigenvalue weighted by atomic mass is 10.00. The molecule has 3 N–H and O–H groups in total. The number of phenols is 1. The standard InChI is InChI=1S/C21H24N4O/c22-21-16(9-10-23-21)13-19-15-24(17-5-2-1-3-6-17)11-12-25(19)18-7-4-8-20(26)14-18/h1-9,14,19,26H,10-13,15H2,(H2,22,23). The van der Waals surface area contributed by atoms with Crippen LogP contribution in [0.2, 0.25) is 0 Å². The van der Waals surface area contributed by atoms with Crippen molar-refractivity contribution in [1.82, 2.24) is 0 Å². The Bertz CT molecular complexity index is 831. The number of aliphatic imine (C=N–C) groups is 1. The maximum Gasteiger partial charge on any atom is 0.121 e. The molecule has 26 heavy (non-hydrogen) atoms. The van der Waals surface area contributed by atoms with Crippen molar-refractivity contribution < 1.29 is 5.11 Å². The van der Waals surface area contributed by atoms with Gasteiger partial charge in [0.2, 0.25) is 0 Å². The fourth-order valence-corrected chi connectivity index (χ4v) is 3.82. The van der Waals surface area contributed by atoms with Crippen LogP contribution in [0, 0.1) is 0 Å². The number of para-hydroxylation sites is 1. The fourth-order valence-electron chi connectivity index (χ4n) is 3.82. The van der Waals surface area contributed by atoms with Gasteiger partial charge in [0, 0.05) is 37.1 Å². The molecule has 2 aliphatic heterocycles. The lowest BCUT2D eigenvalue weighted by molar-refractivity contribution is 0.473. The van der Waals surface area contributed by atoms with E-state index in [-0.39, 0.29) is 6.04 Å². The van der Waals surface area contributed by atoms with Crippen molar-refractivity contribution in [2.75, 3.05) is 36.0 Å². The monoisotopic (exact) mass is 348 g/mol. The smallest absolute Gasteiger partial charge is 0.121 e. The van der Waals surface area contributed by atoms with Gasteiger partial charge >= 0.3 is 0 Å². The summed E-state index contributed by atoms with van der Waals surface area (Å²) in [5, 5.41) is 9.90. The molecule has 1 fully saturated rings. The van der Waals surface area contributed by atoms with Crippen molar-refractivity contribution in [3.63, 3.8) is 0 Å². The first-order valence-corrected chi connectivity index (χ1v) is 9.06. The summed E-state index contributed by atoms with van der Waals surface area (Å²) >= 11 is 0. The van der Waals surface area contributed by atoms with Crippen LogP contribution in [0.1, 0.15) is 6.42 Å². The molecule has 1 saturated heterocycles. The number of anilines is 2. The van der Waals surface area contributed by atoms with E-state index in [1.165, 1.54) is 5.69 Å². The van der Waals surface area contributed by atoms with Gasteiger partial charge in [-0.3, -0.25) is 4.99 Å². The molecule has 0 bridgehead atoms. The normalized spacial score (nSPS) is 20.1. The van der Waals surface area contributed by atoms with Crippen LogP contribution in [0.5, 0.6) is 5.75 Å². The summed E-state index contributed by atoms with van der Waals surface area (Å²) in [7, 11) is 0. The molecule has 1 unspecified atom stereocenters. The molecule has 4 rings (SSSR count). The second-order valence-corrected chi connectivity index (χ2v) is 6.81. The van der Waals surface area contributed by atoms with Gasteiger partial charge in [-0.2, -0.15) is 0 Å². The Morgan fingerprint density at radius 2 is 1.85 bits per heavy atom. The van der Waals surface area contributed by atoms with Gasteiger partial charge in [0.25, 0.3) is 0 Å². The van der Waals surface area contributed by atoms with Gasteiger partial charge in [-0.25, -0.2) is 0 Å². The van der Waals surface area contributed by atoms with Crippen LogP contribution in [-0.2, 0) is 0 Å². The van der Waals surface area contributed by atoms with E-state index in [9.17, 15) is 5.11 Å². The van der Waals surface area contributed by atoms with E-state index in [4.69, 9.17) is 5.73 Å². The van der Waals surface area contributed by atoms with Crippen molar-refractivity contribution in [2.24, 2.45) is 10.7 Å². The first kappa shape index (κ1) is 16.5. The Hall–Kier alpha value is -2.95. The molecule has 0 amide bonds. The molecule has 0 saturated carbocycles. The zero-order valence-electron chi connectivity index (χ0n) is 14.8. The third-order valence-electron chi connectivity index (χ3n) is 5.15. The molecule has 0 radical (unpaired) electrons. The molecule has 5 nitrogen and oxygen atoms in total. The van der Waals surface area contributed by atoms with Gasteiger partial charge in [0.05, 0.1) is 12.6 Å². The second kappa shape index (κ2) is 7.12. The Balaban J connectivity index is 1.60. The molecule has 2 heterocycles. The van der Waals surface area contributed by atoms with Gasteiger partial charge < -0.3 is 20.6 Å². The number of hydrogen-bond donors (Lipinski definition) is 2. The number of hydrogen-bond acceptors (Lipinski definition) is 5. The molecule has 1 atom stereocenters. The summed E-state index contributed by atoms with van der Waals surface area (Å²) < 4.78 is 0. The van der Waals surface area contributed by atoms with Gasteiger partial charge in [-0.15, -0.1) is 0 Å². The number of benzene rings is 2. The van der Waals surface area contributed by atoms with E-state index in [2.05, 4.69) is 51.2 Å². The van der Waals surface area contributed by atoms with E-state index in [0.717, 1.165) is 37.3 Å². The lowest BCUT2D eigenvalue weighted by Crippen LogP contribution is -2.54. The van der Waals surface area contributed by atoms with Gasteiger partial charge in [-0.1, -0.05) is 30.3 Å². The van der Waals surface area contributed by atoms with E-state index in [1.54, 1.807) is 6.07 Å². The predicted molar refractivity (Wildman–Crippen MR) is 107 cm³/mol. The van der Waals surface area contributed by atoms with Crippen molar-refractivity contribution in [1.29, 1.82) is 0 Å². The van der Waals surface area contributed by atoms with Crippen molar-refractivity contribution in [3.8, 4) is 5.75 Å². The van der Waals surface area contributed by atoms with E-state index in [0.29, 0.717) is 18.1 Å². The largest absolute Gasteiger partial charge is 0.508 e. The number of rotatable bonds is 4. The zero-order chi connectivity index (χ0) is 17.9. The summed E-state index contributed by atoms with van der Waals surface area (Å²) in [5.41, 5.74) is 9.49. The molecule has 2 aliphatic rings. The number of aromatic hydroxyl groups is 1. The summed E-state index contributed by atoms with van der Waals surface area (Å²) in [4.78, 5) is 9.11. The van der Waals surface area contributed by atoms with E-state index >= 15 is 0 Å². The second-order valence-electron chi connectivity index (χ2n) is 6.81. The molecule has 0 aromatic heterocycles. The fraction of sp³-hybridized carbons (Fsp3) is 0.286. The molecular formula is C21H24N4O. The Morgan fingerprint density at radius 1 is 1.04 bits per heavy atom. The van der Waals surface area contributed by atoms with Crippen LogP contribution in [0.15, 0.2) is 71.2 Å². The molecule has 2 aromatic carbocycles. The average molecular weight is 348 g/mol. The number of phenolic OH excluding ortho intramolecular Hbond substituents is 1. The van der Waals surface area contributed by atoms with Crippen LogP contribution in [0.4, 0.5) is 11.4 Å². The molecule has 2 aromatic rings. The minimum atomic E-state index is 0.267. The van der Waals surface area contributed by atoms with Crippen LogP contribution in [0.3, 0.4) is 0 Å². The summed E-state index contributed by atoms with van der Waals surface area (Å²) in [5.74, 6) is 0.964. The Labute approximate surface area is 154 Å². The van der Waals surface area contributed by atoms with Crippen LogP contribution >= 0.6 is 0 Å². The predicted octanol–water partition coefficient (Wildman–Crippen LogP) is 2.77. The summed E-state index contributed by atoms with van der Waals surface area (Å²) in [6.45, 7) is 3.43. The third-order valence-corrected chi connectivity index (χ3v) is 5.15. The zero-order valence-corrected chi connectivity index (χ0v) is 14.8. The van der Waals surface area contributed by atoms with Gasteiger partial charge in [-0.05, 0) is 36.3 Å². The highest BCUT2D eigenvalue weighted by atomic mass is 16.3. The van der Waals surface area contributed by atoms with Crippen LogP contribution in [-0.4, -0.2) is 43.2 Å². The Kier molecular flexibility index (Phi) is 4.52. The minimum Gasteiger partial charge on any atom is -0.508 e. The molecule has 0 aliphatic carbocycles. The van der Waals surface area contributed by atoms with Crippen molar-refractivity contribution in [2.45, 2.75) is 12.5 Å². The van der Waals surface area contributed by atoms with Gasteiger partial charge in [0.15, 0.2) is 0 Å².